The highest BCUT2D eigenvalue weighted by Gasteiger charge is 2.16. The molecule has 1 aromatic heterocycles. The number of benzene rings is 1. The monoisotopic (exact) mass is 255 g/mol. The van der Waals surface area contributed by atoms with Crippen LogP contribution in [0.15, 0.2) is 35.3 Å². The molecule has 2 heterocycles. The standard InChI is InChI=1S/C15H14FN3/c1-10-14(11-6-8-17-9-7-11)15(19-18-10)12-2-4-13(16)5-3-12/h2-6,8H,7,9H2,1H3,(H,18,19). The van der Waals surface area contributed by atoms with Gasteiger partial charge in [0.2, 0.25) is 0 Å². The minimum absolute atomic E-state index is 0.235. The van der Waals surface area contributed by atoms with Crippen molar-refractivity contribution in [3.63, 3.8) is 0 Å². The summed E-state index contributed by atoms with van der Waals surface area (Å²) in [5, 5.41) is 7.38. The highest BCUT2D eigenvalue weighted by molar-refractivity contribution is 5.90. The number of nitrogens with one attached hydrogen (secondary N) is 1. The molecule has 0 saturated heterocycles. The molecule has 0 aliphatic carbocycles. The summed E-state index contributed by atoms with van der Waals surface area (Å²) in [5.74, 6) is -0.235. The first-order valence-electron chi connectivity index (χ1n) is 6.26. The largest absolute Gasteiger partial charge is 0.293 e. The van der Waals surface area contributed by atoms with Crippen LogP contribution in [0, 0.1) is 12.7 Å². The number of nitrogens with zero attached hydrogens (tertiary/aromatic N) is 2. The lowest BCUT2D eigenvalue weighted by molar-refractivity contribution is 0.628. The maximum Gasteiger partial charge on any atom is 0.123 e. The number of dihydropyridines is 1. The molecule has 96 valence electrons. The van der Waals surface area contributed by atoms with Gasteiger partial charge in [-0.2, -0.15) is 5.10 Å². The van der Waals surface area contributed by atoms with Gasteiger partial charge in [0.1, 0.15) is 5.82 Å². The van der Waals surface area contributed by atoms with Crippen LogP contribution in [-0.2, 0) is 0 Å². The van der Waals surface area contributed by atoms with Gasteiger partial charge in [-0.05, 0) is 49.3 Å². The molecule has 0 fully saturated rings. The van der Waals surface area contributed by atoms with E-state index in [1.165, 1.54) is 17.7 Å². The van der Waals surface area contributed by atoms with E-state index in [0.29, 0.717) is 0 Å². The fraction of sp³-hybridized carbons (Fsp3) is 0.200. The Morgan fingerprint density at radius 1 is 1.21 bits per heavy atom. The summed E-state index contributed by atoms with van der Waals surface area (Å²) in [6, 6.07) is 6.43. The second kappa shape index (κ2) is 4.80. The van der Waals surface area contributed by atoms with Crippen LogP contribution in [-0.4, -0.2) is 23.0 Å². The highest BCUT2D eigenvalue weighted by Crippen LogP contribution is 2.31. The van der Waals surface area contributed by atoms with E-state index in [2.05, 4.69) is 15.2 Å². The minimum atomic E-state index is -0.235. The van der Waals surface area contributed by atoms with Crippen LogP contribution in [0.3, 0.4) is 0 Å². The van der Waals surface area contributed by atoms with Crippen molar-refractivity contribution >= 4 is 11.8 Å². The summed E-state index contributed by atoms with van der Waals surface area (Å²) in [6.45, 7) is 2.81. The fourth-order valence-corrected chi connectivity index (χ4v) is 2.33. The third-order valence-corrected chi connectivity index (χ3v) is 3.28. The molecule has 0 unspecified atom stereocenters. The van der Waals surface area contributed by atoms with Gasteiger partial charge in [0.25, 0.3) is 0 Å². The van der Waals surface area contributed by atoms with E-state index >= 15 is 0 Å². The van der Waals surface area contributed by atoms with Crippen molar-refractivity contribution in [3.8, 4) is 11.3 Å². The van der Waals surface area contributed by atoms with Crippen LogP contribution >= 0.6 is 0 Å². The number of hydrogen-bond donors (Lipinski definition) is 1. The van der Waals surface area contributed by atoms with Crippen LogP contribution in [0.4, 0.5) is 4.39 Å². The van der Waals surface area contributed by atoms with Crippen molar-refractivity contribution in [2.45, 2.75) is 13.3 Å². The summed E-state index contributed by atoms with van der Waals surface area (Å²) in [7, 11) is 0. The Labute approximate surface area is 110 Å². The lowest BCUT2D eigenvalue weighted by atomic mass is 9.96. The van der Waals surface area contributed by atoms with E-state index in [9.17, 15) is 4.39 Å². The van der Waals surface area contributed by atoms with Gasteiger partial charge in [-0.15, -0.1) is 0 Å². The minimum Gasteiger partial charge on any atom is -0.293 e. The first-order chi connectivity index (χ1) is 9.25. The van der Waals surface area contributed by atoms with Gasteiger partial charge in [-0.25, -0.2) is 4.39 Å². The van der Waals surface area contributed by atoms with Crippen molar-refractivity contribution in [3.05, 3.63) is 47.4 Å². The molecule has 1 aliphatic rings. The van der Waals surface area contributed by atoms with E-state index < -0.39 is 0 Å². The zero-order chi connectivity index (χ0) is 13.2. The van der Waals surface area contributed by atoms with Crippen LogP contribution in [0.25, 0.3) is 16.8 Å². The number of rotatable bonds is 2. The molecule has 0 radical (unpaired) electrons. The Balaban J connectivity index is 2.10. The summed E-state index contributed by atoms with van der Waals surface area (Å²) in [6.07, 6.45) is 4.76. The van der Waals surface area contributed by atoms with E-state index in [4.69, 9.17) is 0 Å². The van der Waals surface area contributed by atoms with E-state index in [1.807, 2.05) is 19.2 Å². The maximum absolute atomic E-state index is 13.0. The van der Waals surface area contributed by atoms with Gasteiger partial charge in [-0.3, -0.25) is 10.1 Å². The van der Waals surface area contributed by atoms with E-state index in [0.717, 1.165) is 35.5 Å². The number of allylic oxidation sites excluding steroid dienone is 1. The third-order valence-electron chi connectivity index (χ3n) is 3.28. The van der Waals surface area contributed by atoms with Crippen LogP contribution in [0.1, 0.15) is 17.7 Å². The van der Waals surface area contributed by atoms with E-state index in [1.54, 1.807) is 12.1 Å². The Bertz CT molecular complexity index is 651. The molecule has 0 spiro atoms. The smallest absolute Gasteiger partial charge is 0.123 e. The molecule has 1 N–H and O–H groups in total. The first-order valence-corrected chi connectivity index (χ1v) is 6.26. The molecular weight excluding hydrogens is 241 g/mol. The molecule has 1 aliphatic heterocycles. The highest BCUT2D eigenvalue weighted by atomic mass is 19.1. The molecule has 0 atom stereocenters. The molecule has 3 rings (SSSR count). The molecular formula is C15H14FN3. The van der Waals surface area contributed by atoms with Gasteiger partial charge in [0.05, 0.1) is 5.69 Å². The molecule has 2 aromatic rings. The first kappa shape index (κ1) is 11.8. The lowest BCUT2D eigenvalue weighted by Crippen LogP contribution is -1.97. The quantitative estimate of drug-likeness (QED) is 0.878. The number of aliphatic imine (C=N–C) groups is 1. The normalized spacial score (nSPS) is 14.5. The molecule has 0 saturated carbocycles. The maximum atomic E-state index is 13.0. The predicted octanol–water partition coefficient (Wildman–Crippen LogP) is 3.38. The van der Waals surface area contributed by atoms with Crippen molar-refractivity contribution in [1.29, 1.82) is 0 Å². The second-order valence-electron chi connectivity index (χ2n) is 4.58. The number of aromatic amines is 1. The average molecular weight is 255 g/mol. The van der Waals surface area contributed by atoms with Crippen molar-refractivity contribution in [2.75, 3.05) is 6.54 Å². The lowest BCUT2D eigenvalue weighted by Gasteiger charge is -2.10. The second-order valence-corrected chi connectivity index (χ2v) is 4.58. The van der Waals surface area contributed by atoms with Gasteiger partial charge < -0.3 is 0 Å². The zero-order valence-electron chi connectivity index (χ0n) is 10.7. The summed E-state index contributed by atoms with van der Waals surface area (Å²) >= 11 is 0. The number of aryl methyl sites for hydroxylation is 1. The van der Waals surface area contributed by atoms with Gasteiger partial charge in [-0.1, -0.05) is 0 Å². The third kappa shape index (κ3) is 2.21. The number of aromatic nitrogens is 2. The average Bonchev–Trinajstić information content (AvgIpc) is 2.82. The Hall–Kier alpha value is -2.23. The van der Waals surface area contributed by atoms with Crippen LogP contribution < -0.4 is 0 Å². The SMILES string of the molecule is Cc1[nH]nc(-c2ccc(F)cc2)c1C1=CC=NCC1. The fourth-order valence-electron chi connectivity index (χ4n) is 2.33. The summed E-state index contributed by atoms with van der Waals surface area (Å²) in [4.78, 5) is 4.20. The van der Waals surface area contributed by atoms with Crippen LogP contribution in [0.2, 0.25) is 0 Å². The zero-order valence-corrected chi connectivity index (χ0v) is 10.7. The van der Waals surface area contributed by atoms with Crippen LogP contribution in [0.5, 0.6) is 0 Å². The molecule has 19 heavy (non-hydrogen) atoms. The summed E-state index contributed by atoms with van der Waals surface area (Å²) in [5.41, 5.74) is 5.16. The predicted molar refractivity (Wildman–Crippen MR) is 74.7 cm³/mol. The van der Waals surface area contributed by atoms with Crippen molar-refractivity contribution in [1.82, 2.24) is 10.2 Å². The molecule has 4 heteroatoms. The number of hydrogen-bond acceptors (Lipinski definition) is 2. The van der Waals surface area contributed by atoms with Gasteiger partial charge in [0.15, 0.2) is 0 Å². The summed E-state index contributed by atoms with van der Waals surface area (Å²) < 4.78 is 13.0. The number of H-pyrrole nitrogens is 1. The van der Waals surface area contributed by atoms with Crippen molar-refractivity contribution in [2.24, 2.45) is 4.99 Å². The number of halogens is 1. The molecule has 0 amide bonds. The Kier molecular flexibility index (Phi) is 2.99. The molecule has 3 nitrogen and oxygen atoms in total. The Morgan fingerprint density at radius 3 is 2.68 bits per heavy atom. The van der Waals surface area contributed by atoms with Gasteiger partial charge in [0, 0.05) is 29.6 Å². The molecule has 0 bridgehead atoms. The molecule has 1 aromatic carbocycles. The topological polar surface area (TPSA) is 41.0 Å². The van der Waals surface area contributed by atoms with Crippen molar-refractivity contribution < 1.29 is 4.39 Å². The van der Waals surface area contributed by atoms with E-state index in [-0.39, 0.29) is 5.82 Å². The van der Waals surface area contributed by atoms with Gasteiger partial charge >= 0.3 is 0 Å². The Morgan fingerprint density at radius 2 is 2.00 bits per heavy atom.